The van der Waals surface area contributed by atoms with Crippen LogP contribution in [0.25, 0.3) is 0 Å². The Kier molecular flexibility index (Phi) is 9.58. The summed E-state index contributed by atoms with van der Waals surface area (Å²) in [5.41, 5.74) is 1.36. The monoisotopic (exact) mass is 380 g/mol. The second-order valence-corrected chi connectivity index (χ2v) is 8.42. The van der Waals surface area contributed by atoms with Crippen LogP contribution in [0.5, 0.6) is 5.75 Å². The van der Waals surface area contributed by atoms with E-state index in [1.165, 1.54) is 51.4 Å². The van der Waals surface area contributed by atoms with Crippen LogP contribution in [0.2, 0.25) is 0 Å². The molecule has 154 valence electrons. The van der Waals surface area contributed by atoms with E-state index >= 15 is 0 Å². The van der Waals surface area contributed by atoms with Gasteiger partial charge in [-0.25, -0.2) is 4.39 Å². The van der Waals surface area contributed by atoms with Crippen LogP contribution in [0.3, 0.4) is 0 Å². The number of unbranched alkanes of at least 4 members (excludes halogenated alkanes) is 3. The summed E-state index contributed by atoms with van der Waals surface area (Å²) >= 11 is 0. The van der Waals surface area contributed by atoms with Gasteiger partial charge in [0.15, 0.2) is 11.6 Å². The molecular formula is C24H38F2O. The Labute approximate surface area is 164 Å². The largest absolute Gasteiger partial charge is 0.490 e. The summed E-state index contributed by atoms with van der Waals surface area (Å²) in [5, 5.41) is 0. The molecule has 3 heteroatoms. The van der Waals surface area contributed by atoms with Crippen molar-refractivity contribution in [3.05, 3.63) is 28.8 Å². The molecule has 1 nitrogen and oxygen atoms in total. The Morgan fingerprint density at radius 2 is 1.52 bits per heavy atom. The average Bonchev–Trinajstić information content (AvgIpc) is 2.67. The molecule has 2 rings (SSSR count). The molecule has 1 aliphatic carbocycles. The smallest absolute Gasteiger partial charge is 0.200 e. The zero-order chi connectivity index (χ0) is 19.6. The minimum Gasteiger partial charge on any atom is -0.490 e. The fourth-order valence-corrected chi connectivity index (χ4v) is 4.34. The topological polar surface area (TPSA) is 9.23 Å². The molecule has 0 aromatic heterocycles. The van der Waals surface area contributed by atoms with Crippen LogP contribution >= 0.6 is 0 Å². The number of ether oxygens (including phenoxy) is 1. The normalized spacial score (nSPS) is 20.0. The number of rotatable bonds is 11. The van der Waals surface area contributed by atoms with Gasteiger partial charge in [0.05, 0.1) is 6.61 Å². The van der Waals surface area contributed by atoms with E-state index < -0.39 is 11.6 Å². The van der Waals surface area contributed by atoms with E-state index in [0.717, 1.165) is 30.7 Å². The predicted molar refractivity (Wildman–Crippen MR) is 109 cm³/mol. The number of benzene rings is 1. The van der Waals surface area contributed by atoms with E-state index in [1.807, 2.05) is 13.8 Å². The summed E-state index contributed by atoms with van der Waals surface area (Å²) in [5.74, 6) is 0.105. The van der Waals surface area contributed by atoms with Crippen LogP contribution < -0.4 is 4.74 Å². The molecule has 0 unspecified atom stereocenters. The Bertz CT molecular complexity index is 562. The van der Waals surface area contributed by atoms with Crippen LogP contribution in [0.1, 0.15) is 95.6 Å². The first-order valence-electron chi connectivity index (χ1n) is 11.2. The van der Waals surface area contributed by atoms with E-state index in [4.69, 9.17) is 4.74 Å². The van der Waals surface area contributed by atoms with Gasteiger partial charge in [0, 0.05) is 0 Å². The van der Waals surface area contributed by atoms with E-state index in [0.29, 0.717) is 24.5 Å². The lowest BCUT2D eigenvalue weighted by atomic mass is 9.77. The molecule has 0 saturated heterocycles. The molecule has 0 radical (unpaired) electrons. The lowest BCUT2D eigenvalue weighted by Crippen LogP contribution is -2.16. The van der Waals surface area contributed by atoms with Crippen molar-refractivity contribution in [2.45, 2.75) is 97.8 Å². The van der Waals surface area contributed by atoms with Gasteiger partial charge in [0.2, 0.25) is 5.82 Å². The summed E-state index contributed by atoms with van der Waals surface area (Å²) in [6.07, 6.45) is 13.9. The minimum atomic E-state index is -0.814. The Morgan fingerprint density at radius 3 is 2.15 bits per heavy atom. The average molecular weight is 381 g/mol. The third kappa shape index (κ3) is 6.76. The van der Waals surface area contributed by atoms with Crippen molar-refractivity contribution in [3.63, 3.8) is 0 Å². The molecule has 0 heterocycles. The quantitative estimate of drug-likeness (QED) is 0.356. The first-order valence-corrected chi connectivity index (χ1v) is 11.2. The molecule has 1 aromatic carbocycles. The fraction of sp³-hybridized carbons (Fsp3) is 0.750. The third-order valence-electron chi connectivity index (χ3n) is 6.24. The molecule has 0 atom stereocenters. The van der Waals surface area contributed by atoms with Gasteiger partial charge in [-0.15, -0.1) is 0 Å². The maximum absolute atomic E-state index is 14.6. The minimum absolute atomic E-state index is 0.0646. The van der Waals surface area contributed by atoms with Crippen LogP contribution in [0.15, 0.2) is 6.07 Å². The number of halogens is 2. The number of aryl methyl sites for hydroxylation is 1. The molecule has 27 heavy (non-hydrogen) atoms. The summed E-state index contributed by atoms with van der Waals surface area (Å²) in [7, 11) is 0. The molecule has 1 aliphatic rings. The highest BCUT2D eigenvalue weighted by atomic mass is 19.2. The van der Waals surface area contributed by atoms with Crippen LogP contribution in [-0.4, -0.2) is 6.61 Å². The molecule has 1 aromatic rings. The van der Waals surface area contributed by atoms with Crippen molar-refractivity contribution in [2.75, 3.05) is 6.61 Å². The first kappa shape index (κ1) is 22.2. The third-order valence-corrected chi connectivity index (χ3v) is 6.24. The van der Waals surface area contributed by atoms with Gasteiger partial charge in [-0.05, 0) is 55.2 Å². The summed E-state index contributed by atoms with van der Waals surface area (Å²) in [4.78, 5) is 0. The van der Waals surface area contributed by atoms with Crippen molar-refractivity contribution in [1.29, 1.82) is 0 Å². The maximum atomic E-state index is 14.6. The van der Waals surface area contributed by atoms with E-state index in [9.17, 15) is 8.78 Å². The predicted octanol–water partition coefficient (Wildman–Crippen LogP) is 7.77. The van der Waals surface area contributed by atoms with Gasteiger partial charge < -0.3 is 4.74 Å². The second kappa shape index (κ2) is 11.7. The summed E-state index contributed by atoms with van der Waals surface area (Å²) in [6.45, 7) is 6.61. The van der Waals surface area contributed by atoms with Crippen molar-refractivity contribution < 1.29 is 13.5 Å². The number of hydrogen-bond donors (Lipinski definition) is 0. The zero-order valence-corrected chi connectivity index (χ0v) is 17.6. The fourth-order valence-electron chi connectivity index (χ4n) is 4.34. The van der Waals surface area contributed by atoms with Crippen LogP contribution in [-0.2, 0) is 6.42 Å². The Hall–Kier alpha value is -1.12. The summed E-state index contributed by atoms with van der Waals surface area (Å²) in [6, 6.07) is 1.67. The molecular weight excluding hydrogens is 342 g/mol. The van der Waals surface area contributed by atoms with Gasteiger partial charge >= 0.3 is 0 Å². The highest BCUT2D eigenvalue weighted by Crippen LogP contribution is 2.35. The van der Waals surface area contributed by atoms with Crippen molar-refractivity contribution in [1.82, 2.24) is 0 Å². The molecule has 0 spiro atoms. The molecule has 1 saturated carbocycles. The first-order chi connectivity index (χ1) is 13.1. The van der Waals surface area contributed by atoms with Gasteiger partial charge in [0.25, 0.3) is 0 Å². The zero-order valence-electron chi connectivity index (χ0n) is 17.6. The van der Waals surface area contributed by atoms with E-state index in [2.05, 4.69) is 6.92 Å². The van der Waals surface area contributed by atoms with E-state index in [-0.39, 0.29) is 5.75 Å². The van der Waals surface area contributed by atoms with E-state index in [1.54, 1.807) is 6.07 Å². The molecule has 1 fully saturated rings. The Balaban J connectivity index is 1.84. The van der Waals surface area contributed by atoms with Crippen LogP contribution in [0, 0.1) is 30.4 Å². The standard InChI is InChI=1S/C24H38F2O/c1-4-6-8-9-19-10-12-20(13-11-19)14-15-21-18(3)17-22(24(26)23(21)25)27-16-7-5-2/h17,19-20H,4-16H2,1-3H3. The molecule has 0 amide bonds. The highest BCUT2D eigenvalue weighted by Gasteiger charge is 2.23. The molecule has 0 N–H and O–H groups in total. The SMILES string of the molecule is CCCCCC1CCC(CCc2c(C)cc(OCCCC)c(F)c2F)CC1. The molecule has 0 aliphatic heterocycles. The number of hydrogen-bond acceptors (Lipinski definition) is 1. The maximum Gasteiger partial charge on any atom is 0.200 e. The second-order valence-electron chi connectivity index (χ2n) is 8.42. The van der Waals surface area contributed by atoms with Gasteiger partial charge in [0.1, 0.15) is 0 Å². The van der Waals surface area contributed by atoms with Crippen molar-refractivity contribution >= 4 is 0 Å². The molecule has 0 bridgehead atoms. The Morgan fingerprint density at radius 1 is 0.889 bits per heavy atom. The van der Waals surface area contributed by atoms with Gasteiger partial charge in [-0.2, -0.15) is 4.39 Å². The van der Waals surface area contributed by atoms with Gasteiger partial charge in [-0.3, -0.25) is 0 Å². The summed E-state index contributed by atoms with van der Waals surface area (Å²) < 4.78 is 34.3. The van der Waals surface area contributed by atoms with Crippen LogP contribution in [0.4, 0.5) is 8.78 Å². The van der Waals surface area contributed by atoms with Crippen molar-refractivity contribution in [3.8, 4) is 5.75 Å². The highest BCUT2D eigenvalue weighted by molar-refractivity contribution is 5.38. The lowest BCUT2D eigenvalue weighted by Gasteiger charge is -2.28. The lowest BCUT2D eigenvalue weighted by molar-refractivity contribution is 0.248. The van der Waals surface area contributed by atoms with Gasteiger partial charge in [-0.1, -0.05) is 71.6 Å². The van der Waals surface area contributed by atoms with Crippen molar-refractivity contribution in [2.24, 2.45) is 11.8 Å².